The molecule has 0 aromatic rings. The summed E-state index contributed by atoms with van der Waals surface area (Å²) in [7, 11) is 0. The molecule has 0 aliphatic rings. The Hall–Kier alpha value is -0.650. The van der Waals surface area contributed by atoms with Crippen LogP contribution >= 0.6 is 0 Å². The molecule has 0 aromatic carbocycles. The Morgan fingerprint density at radius 2 is 2.33 bits per heavy atom. The van der Waals surface area contributed by atoms with E-state index in [1.54, 1.807) is 0 Å². The number of hydrogen-bond acceptors (Lipinski definition) is 5. The summed E-state index contributed by atoms with van der Waals surface area (Å²) >= 11 is 0. The maximum Gasteiger partial charge on any atom is 0.178 e. The fourth-order valence-corrected chi connectivity index (χ4v) is 0.217. The van der Waals surface area contributed by atoms with Crippen molar-refractivity contribution in [1.29, 1.82) is 0 Å². The summed E-state index contributed by atoms with van der Waals surface area (Å²) in [6.07, 6.45) is -1.43. The molecular formula is C4H7O5-. The highest BCUT2D eigenvalue weighted by atomic mass is 16.6. The number of carboxylic acid groups (broad SMARTS) is 1. The highest BCUT2D eigenvalue weighted by Gasteiger charge is 1.98. The van der Waals surface area contributed by atoms with Crippen LogP contribution in [-0.4, -0.2) is 35.7 Å². The van der Waals surface area contributed by atoms with Gasteiger partial charge in [-0.25, -0.2) is 0 Å². The van der Waals surface area contributed by atoms with Crippen LogP contribution in [0.4, 0.5) is 0 Å². The van der Waals surface area contributed by atoms with Crippen LogP contribution in [-0.2, 0) is 9.53 Å². The van der Waals surface area contributed by atoms with Crippen molar-refractivity contribution in [3.8, 4) is 0 Å². The summed E-state index contributed by atoms with van der Waals surface area (Å²) in [6, 6.07) is 0. The molecule has 0 saturated carbocycles. The van der Waals surface area contributed by atoms with E-state index in [1.807, 2.05) is 0 Å². The fourth-order valence-electron chi connectivity index (χ4n) is 0.217. The SMILES string of the molecule is O=C([O-])COC(O)CO. The number of aliphatic carboxylic acids is 1. The van der Waals surface area contributed by atoms with E-state index in [9.17, 15) is 9.90 Å². The van der Waals surface area contributed by atoms with E-state index in [0.717, 1.165) is 0 Å². The summed E-state index contributed by atoms with van der Waals surface area (Å²) in [5, 5.41) is 26.0. The van der Waals surface area contributed by atoms with E-state index in [2.05, 4.69) is 4.74 Å². The van der Waals surface area contributed by atoms with Crippen molar-refractivity contribution in [2.45, 2.75) is 6.29 Å². The molecule has 0 rings (SSSR count). The zero-order valence-corrected chi connectivity index (χ0v) is 4.61. The summed E-state index contributed by atoms with van der Waals surface area (Å²) in [5.74, 6) is -1.43. The Kier molecular flexibility index (Phi) is 3.94. The van der Waals surface area contributed by atoms with Crippen LogP contribution in [0.2, 0.25) is 0 Å². The first-order chi connectivity index (χ1) is 4.16. The van der Waals surface area contributed by atoms with Crippen LogP contribution < -0.4 is 5.11 Å². The van der Waals surface area contributed by atoms with Crippen molar-refractivity contribution in [2.24, 2.45) is 0 Å². The molecule has 0 aliphatic carbocycles. The molecule has 2 N–H and O–H groups in total. The molecule has 0 radical (unpaired) electrons. The molecule has 0 amide bonds. The van der Waals surface area contributed by atoms with Crippen LogP contribution in [0.3, 0.4) is 0 Å². The average molecular weight is 135 g/mol. The molecule has 0 bridgehead atoms. The number of rotatable bonds is 4. The second-order valence-electron chi connectivity index (χ2n) is 1.32. The molecule has 9 heavy (non-hydrogen) atoms. The van der Waals surface area contributed by atoms with Crippen LogP contribution in [0.1, 0.15) is 0 Å². The van der Waals surface area contributed by atoms with Gasteiger partial charge in [0.15, 0.2) is 6.29 Å². The van der Waals surface area contributed by atoms with Crippen LogP contribution in [0.5, 0.6) is 0 Å². The molecule has 0 spiro atoms. The van der Waals surface area contributed by atoms with Gasteiger partial charge in [-0.2, -0.15) is 0 Å². The average Bonchev–Trinajstić information content (AvgIpc) is 1.83. The maximum absolute atomic E-state index is 9.59. The molecule has 1 unspecified atom stereocenters. The molecule has 0 aromatic heterocycles. The third-order valence-electron chi connectivity index (χ3n) is 0.550. The van der Waals surface area contributed by atoms with Crippen molar-refractivity contribution in [1.82, 2.24) is 0 Å². The van der Waals surface area contributed by atoms with E-state index in [0.29, 0.717) is 0 Å². The Balaban J connectivity index is 3.16. The minimum absolute atomic E-state index is 0.618. The largest absolute Gasteiger partial charge is 0.548 e. The molecule has 5 heteroatoms. The lowest BCUT2D eigenvalue weighted by Crippen LogP contribution is -2.31. The number of carbonyl (C=O) groups is 1. The van der Waals surface area contributed by atoms with Crippen molar-refractivity contribution >= 4 is 5.97 Å². The van der Waals surface area contributed by atoms with Crippen LogP contribution in [0, 0.1) is 0 Å². The van der Waals surface area contributed by atoms with Gasteiger partial charge < -0.3 is 24.9 Å². The van der Waals surface area contributed by atoms with Gasteiger partial charge in [-0.05, 0) is 0 Å². The van der Waals surface area contributed by atoms with E-state index >= 15 is 0 Å². The van der Waals surface area contributed by atoms with E-state index < -0.39 is 25.5 Å². The lowest BCUT2D eigenvalue weighted by Gasteiger charge is -2.08. The third-order valence-corrected chi connectivity index (χ3v) is 0.550. The Morgan fingerprint density at radius 3 is 2.67 bits per heavy atom. The third kappa shape index (κ3) is 5.22. The van der Waals surface area contributed by atoms with Gasteiger partial charge in [-0.3, -0.25) is 0 Å². The molecule has 54 valence electrons. The fraction of sp³-hybridized carbons (Fsp3) is 0.750. The van der Waals surface area contributed by atoms with Crippen molar-refractivity contribution in [3.63, 3.8) is 0 Å². The molecule has 0 heterocycles. The topological polar surface area (TPSA) is 89.8 Å². The van der Waals surface area contributed by atoms with Crippen LogP contribution in [0.15, 0.2) is 0 Å². The highest BCUT2D eigenvalue weighted by molar-refractivity contribution is 5.65. The lowest BCUT2D eigenvalue weighted by atomic mass is 10.6. The first kappa shape index (κ1) is 8.35. The summed E-state index contributed by atoms with van der Waals surface area (Å²) < 4.78 is 4.10. The van der Waals surface area contributed by atoms with Gasteiger partial charge in [0, 0.05) is 0 Å². The second kappa shape index (κ2) is 4.25. The highest BCUT2D eigenvalue weighted by Crippen LogP contribution is 1.81. The van der Waals surface area contributed by atoms with E-state index in [-0.39, 0.29) is 0 Å². The monoisotopic (exact) mass is 135 g/mol. The van der Waals surface area contributed by atoms with Gasteiger partial charge in [0.2, 0.25) is 0 Å². The number of hydrogen-bond donors (Lipinski definition) is 2. The van der Waals surface area contributed by atoms with Gasteiger partial charge in [0.05, 0.1) is 19.2 Å². The molecule has 0 fully saturated rings. The quantitative estimate of drug-likeness (QED) is 0.402. The number of carboxylic acids is 1. The smallest absolute Gasteiger partial charge is 0.178 e. The van der Waals surface area contributed by atoms with Gasteiger partial charge in [0.25, 0.3) is 0 Å². The Bertz CT molecular complexity index is 91.0. The molecule has 1 atom stereocenters. The first-order valence-electron chi connectivity index (χ1n) is 2.27. The standard InChI is InChI=1S/C4H8O5/c5-1-4(8)9-2-3(6)7/h4-5,8H,1-2H2,(H,6,7)/p-1. The van der Waals surface area contributed by atoms with E-state index in [1.165, 1.54) is 0 Å². The molecule has 5 nitrogen and oxygen atoms in total. The number of aliphatic hydroxyl groups is 2. The van der Waals surface area contributed by atoms with Gasteiger partial charge in [-0.1, -0.05) is 0 Å². The Morgan fingerprint density at radius 1 is 1.78 bits per heavy atom. The van der Waals surface area contributed by atoms with Gasteiger partial charge in [0.1, 0.15) is 0 Å². The lowest BCUT2D eigenvalue weighted by molar-refractivity contribution is -0.313. The van der Waals surface area contributed by atoms with Gasteiger partial charge >= 0.3 is 0 Å². The first-order valence-corrected chi connectivity index (χ1v) is 2.27. The van der Waals surface area contributed by atoms with Crippen LogP contribution in [0.25, 0.3) is 0 Å². The zero-order chi connectivity index (χ0) is 7.28. The predicted molar refractivity (Wildman–Crippen MR) is 24.1 cm³/mol. The van der Waals surface area contributed by atoms with Gasteiger partial charge in [-0.15, -0.1) is 0 Å². The number of aliphatic hydroxyl groups excluding tert-OH is 2. The maximum atomic E-state index is 9.59. The molecular weight excluding hydrogens is 128 g/mol. The minimum Gasteiger partial charge on any atom is -0.548 e. The van der Waals surface area contributed by atoms with Crippen molar-refractivity contribution in [3.05, 3.63) is 0 Å². The minimum atomic E-state index is -1.43. The zero-order valence-electron chi connectivity index (χ0n) is 4.61. The molecule has 0 saturated heterocycles. The summed E-state index contributed by atoms with van der Waals surface area (Å²) in [5.41, 5.74) is 0. The number of ether oxygens (including phenoxy) is 1. The number of carbonyl (C=O) groups excluding carboxylic acids is 1. The Labute approximate surface area is 51.5 Å². The molecule has 0 aliphatic heterocycles. The second-order valence-corrected chi connectivity index (χ2v) is 1.32. The van der Waals surface area contributed by atoms with E-state index in [4.69, 9.17) is 10.2 Å². The predicted octanol–water partition coefficient (Wildman–Crippen LogP) is -2.94. The van der Waals surface area contributed by atoms with Crippen molar-refractivity contribution in [2.75, 3.05) is 13.2 Å². The van der Waals surface area contributed by atoms with Crippen molar-refractivity contribution < 1.29 is 24.9 Å². The summed E-state index contributed by atoms with van der Waals surface area (Å²) in [4.78, 5) is 9.59. The summed E-state index contributed by atoms with van der Waals surface area (Å²) in [6.45, 7) is -1.32. The normalized spacial score (nSPS) is 13.1.